The van der Waals surface area contributed by atoms with Gasteiger partial charge in [0.1, 0.15) is 0 Å². The number of rotatable bonds is 2. The highest BCUT2D eigenvalue weighted by Gasteiger charge is 2.11. The molecule has 0 saturated carbocycles. The van der Waals surface area contributed by atoms with E-state index in [1.54, 1.807) is 0 Å². The maximum Gasteiger partial charge on any atom is 0.0158 e. The van der Waals surface area contributed by atoms with Crippen LogP contribution in [0.3, 0.4) is 0 Å². The Morgan fingerprint density at radius 3 is 2.36 bits per heavy atom. The summed E-state index contributed by atoms with van der Waals surface area (Å²) in [5.41, 5.74) is 2.81. The molecule has 0 fully saturated rings. The average Bonchev–Trinajstić information content (AvgIpc) is 2.65. The van der Waals surface area contributed by atoms with Crippen LogP contribution in [0.1, 0.15) is 28.8 Å². The lowest BCUT2D eigenvalue weighted by Gasteiger charge is -2.10. The van der Waals surface area contributed by atoms with E-state index in [9.17, 15) is 0 Å². The first-order valence-corrected chi connectivity index (χ1v) is 5.76. The predicted molar refractivity (Wildman–Crippen MR) is 63.0 cm³/mol. The van der Waals surface area contributed by atoms with Crippen molar-refractivity contribution >= 4 is 11.3 Å². The van der Waals surface area contributed by atoms with Crippen molar-refractivity contribution in [1.82, 2.24) is 0 Å². The number of thiophene rings is 1. The molecule has 0 bridgehead atoms. The third-order valence-corrected chi connectivity index (χ3v) is 3.80. The first-order valence-electron chi connectivity index (χ1n) is 4.88. The number of aryl methyl sites for hydroxylation is 1. The fraction of sp³-hybridized carbons (Fsp3) is 0.231. The van der Waals surface area contributed by atoms with E-state index in [-0.39, 0.29) is 0 Å². The molecule has 0 aliphatic heterocycles. The van der Waals surface area contributed by atoms with Gasteiger partial charge in [0.2, 0.25) is 0 Å². The van der Waals surface area contributed by atoms with Gasteiger partial charge >= 0.3 is 0 Å². The molecule has 1 unspecified atom stereocenters. The van der Waals surface area contributed by atoms with Crippen molar-refractivity contribution in [2.75, 3.05) is 0 Å². The highest BCUT2D eigenvalue weighted by molar-refractivity contribution is 7.10. The minimum absolute atomic E-state index is 0.524. The number of hydrogen-bond acceptors (Lipinski definition) is 1. The van der Waals surface area contributed by atoms with Gasteiger partial charge in [-0.2, -0.15) is 0 Å². The van der Waals surface area contributed by atoms with Crippen molar-refractivity contribution in [3.8, 4) is 0 Å². The Morgan fingerprint density at radius 2 is 1.79 bits per heavy atom. The van der Waals surface area contributed by atoms with Gasteiger partial charge in [0.15, 0.2) is 0 Å². The Balaban J connectivity index is 2.34. The molecular weight excluding hydrogens is 188 g/mol. The zero-order chi connectivity index (χ0) is 9.97. The van der Waals surface area contributed by atoms with Crippen LogP contribution in [0.2, 0.25) is 0 Å². The largest absolute Gasteiger partial charge is 0.148 e. The number of hydrogen-bond donors (Lipinski definition) is 0. The van der Waals surface area contributed by atoms with Crippen molar-refractivity contribution in [1.29, 1.82) is 0 Å². The summed E-state index contributed by atoms with van der Waals surface area (Å²) in [7, 11) is 0. The summed E-state index contributed by atoms with van der Waals surface area (Å²) in [6, 6.07) is 12.9. The van der Waals surface area contributed by atoms with Gasteiger partial charge in [-0.1, -0.05) is 37.3 Å². The van der Waals surface area contributed by atoms with Gasteiger partial charge < -0.3 is 0 Å². The minimum Gasteiger partial charge on any atom is -0.148 e. The molecule has 0 radical (unpaired) electrons. The van der Waals surface area contributed by atoms with E-state index in [0.717, 1.165) is 0 Å². The first kappa shape index (κ1) is 9.47. The molecule has 0 aliphatic rings. The Labute approximate surface area is 89.2 Å². The first-order chi connectivity index (χ1) is 6.79. The highest BCUT2D eigenvalue weighted by atomic mass is 32.1. The zero-order valence-corrected chi connectivity index (χ0v) is 9.34. The van der Waals surface area contributed by atoms with Crippen LogP contribution in [0.4, 0.5) is 0 Å². The Hall–Kier alpha value is -1.08. The molecule has 0 nitrogen and oxygen atoms in total. The Bertz CT molecular complexity index is 400. The van der Waals surface area contributed by atoms with Crippen LogP contribution in [-0.4, -0.2) is 0 Å². The molecule has 1 heteroatoms. The van der Waals surface area contributed by atoms with Gasteiger partial charge in [-0.05, 0) is 29.5 Å². The van der Waals surface area contributed by atoms with Gasteiger partial charge in [0.25, 0.3) is 0 Å². The smallest absolute Gasteiger partial charge is 0.0158 e. The summed E-state index contributed by atoms with van der Waals surface area (Å²) in [4.78, 5) is 1.48. The molecule has 1 aromatic carbocycles. The summed E-state index contributed by atoms with van der Waals surface area (Å²) in [5, 5.41) is 2.17. The van der Waals surface area contributed by atoms with Gasteiger partial charge in [-0.3, -0.25) is 0 Å². The fourth-order valence-electron chi connectivity index (χ4n) is 1.72. The van der Waals surface area contributed by atoms with E-state index < -0.39 is 0 Å². The van der Waals surface area contributed by atoms with Crippen molar-refractivity contribution < 1.29 is 0 Å². The zero-order valence-electron chi connectivity index (χ0n) is 8.53. The molecule has 2 aromatic rings. The van der Waals surface area contributed by atoms with Crippen LogP contribution in [0.25, 0.3) is 0 Å². The van der Waals surface area contributed by atoms with E-state index in [1.165, 1.54) is 16.0 Å². The normalized spacial score (nSPS) is 12.7. The van der Waals surface area contributed by atoms with E-state index in [2.05, 4.69) is 55.6 Å². The highest BCUT2D eigenvalue weighted by Crippen LogP contribution is 2.30. The summed E-state index contributed by atoms with van der Waals surface area (Å²) < 4.78 is 0. The van der Waals surface area contributed by atoms with E-state index in [1.807, 2.05) is 11.3 Å². The van der Waals surface area contributed by atoms with Gasteiger partial charge in [-0.25, -0.2) is 0 Å². The van der Waals surface area contributed by atoms with Crippen LogP contribution in [0.15, 0.2) is 41.8 Å². The monoisotopic (exact) mass is 202 g/mol. The van der Waals surface area contributed by atoms with E-state index >= 15 is 0 Å². The molecule has 14 heavy (non-hydrogen) atoms. The predicted octanol–water partition coefficient (Wildman–Crippen LogP) is 4.21. The lowest BCUT2D eigenvalue weighted by atomic mass is 9.98. The third-order valence-electron chi connectivity index (χ3n) is 2.59. The quantitative estimate of drug-likeness (QED) is 0.684. The van der Waals surface area contributed by atoms with Crippen molar-refractivity contribution in [3.63, 3.8) is 0 Å². The van der Waals surface area contributed by atoms with Crippen LogP contribution < -0.4 is 0 Å². The second-order valence-corrected chi connectivity index (χ2v) is 4.55. The SMILES string of the molecule is Cc1ccsc1C(C)c1ccccc1. The summed E-state index contributed by atoms with van der Waals surface area (Å²) in [6.07, 6.45) is 0. The van der Waals surface area contributed by atoms with E-state index in [0.29, 0.717) is 5.92 Å². The van der Waals surface area contributed by atoms with E-state index in [4.69, 9.17) is 0 Å². The number of benzene rings is 1. The lowest BCUT2D eigenvalue weighted by molar-refractivity contribution is 0.937. The Morgan fingerprint density at radius 1 is 1.07 bits per heavy atom. The topological polar surface area (TPSA) is 0 Å². The molecular formula is C13H14S. The average molecular weight is 202 g/mol. The summed E-state index contributed by atoms with van der Waals surface area (Å²) in [5.74, 6) is 0.524. The summed E-state index contributed by atoms with van der Waals surface area (Å²) in [6.45, 7) is 4.46. The maximum atomic E-state index is 2.27. The van der Waals surface area contributed by atoms with Gasteiger partial charge in [0.05, 0.1) is 0 Å². The van der Waals surface area contributed by atoms with Crippen LogP contribution in [0.5, 0.6) is 0 Å². The summed E-state index contributed by atoms with van der Waals surface area (Å²) >= 11 is 1.85. The molecule has 1 atom stereocenters. The third kappa shape index (κ3) is 1.73. The second kappa shape index (κ2) is 3.97. The lowest BCUT2D eigenvalue weighted by Crippen LogP contribution is -1.94. The molecule has 1 heterocycles. The fourth-order valence-corrected chi connectivity index (χ4v) is 2.73. The molecule has 0 N–H and O–H groups in total. The molecule has 0 aliphatic carbocycles. The molecule has 1 aromatic heterocycles. The van der Waals surface area contributed by atoms with Crippen molar-refractivity contribution in [2.45, 2.75) is 19.8 Å². The van der Waals surface area contributed by atoms with Gasteiger partial charge in [0, 0.05) is 10.8 Å². The van der Waals surface area contributed by atoms with Crippen molar-refractivity contribution in [2.24, 2.45) is 0 Å². The molecule has 2 rings (SSSR count). The molecule has 0 spiro atoms. The Kier molecular flexibility index (Phi) is 2.69. The van der Waals surface area contributed by atoms with Crippen LogP contribution in [-0.2, 0) is 0 Å². The second-order valence-electron chi connectivity index (χ2n) is 3.60. The standard InChI is InChI=1S/C13H14S/c1-10-8-9-14-13(10)11(2)12-6-4-3-5-7-12/h3-9,11H,1-2H3. The van der Waals surface area contributed by atoms with Crippen LogP contribution in [0, 0.1) is 6.92 Å². The van der Waals surface area contributed by atoms with Crippen LogP contribution >= 0.6 is 11.3 Å². The molecule has 0 amide bonds. The molecule has 72 valence electrons. The van der Waals surface area contributed by atoms with Gasteiger partial charge in [-0.15, -0.1) is 11.3 Å². The minimum atomic E-state index is 0.524. The maximum absolute atomic E-state index is 2.27. The van der Waals surface area contributed by atoms with Crippen molar-refractivity contribution in [3.05, 3.63) is 57.8 Å². The molecule has 0 saturated heterocycles.